The van der Waals surface area contributed by atoms with Crippen molar-refractivity contribution in [3.8, 4) is 0 Å². The lowest BCUT2D eigenvalue weighted by molar-refractivity contribution is -0.119. The van der Waals surface area contributed by atoms with Crippen LogP contribution in [0.1, 0.15) is 13.3 Å². The molecule has 0 aliphatic heterocycles. The number of benzene rings is 1. The summed E-state index contributed by atoms with van der Waals surface area (Å²) in [5, 5.41) is 2.49. The van der Waals surface area contributed by atoms with Crippen molar-refractivity contribution in [2.45, 2.75) is 13.3 Å². The number of rotatable bonds is 4. The summed E-state index contributed by atoms with van der Waals surface area (Å²) < 4.78 is 25.5. The van der Waals surface area contributed by atoms with Gasteiger partial charge in [0.15, 0.2) is 11.6 Å². The van der Waals surface area contributed by atoms with Crippen molar-refractivity contribution in [3.05, 3.63) is 29.8 Å². The highest BCUT2D eigenvalue weighted by Crippen LogP contribution is 2.14. The van der Waals surface area contributed by atoms with Crippen LogP contribution in [0.2, 0.25) is 0 Å². The van der Waals surface area contributed by atoms with E-state index in [-0.39, 0.29) is 24.1 Å². The fourth-order valence-corrected chi connectivity index (χ4v) is 1.28. The van der Waals surface area contributed by atoms with Crippen LogP contribution >= 0.6 is 0 Å². The lowest BCUT2D eigenvalue weighted by atomic mass is 10.1. The molecule has 0 radical (unpaired) electrons. The number of hydrogen-bond donors (Lipinski definition) is 2. The highest BCUT2D eigenvalue weighted by molar-refractivity contribution is 5.92. The molecule has 3 nitrogen and oxygen atoms in total. The number of nitrogens with two attached hydrogens (primary N) is 1. The molecule has 1 amide bonds. The predicted octanol–water partition coefficient (Wildman–Crippen LogP) is 1.89. The van der Waals surface area contributed by atoms with Gasteiger partial charge >= 0.3 is 0 Å². The maximum Gasteiger partial charge on any atom is 0.228 e. The van der Waals surface area contributed by atoms with E-state index in [1.807, 2.05) is 6.92 Å². The zero-order valence-corrected chi connectivity index (χ0v) is 8.97. The van der Waals surface area contributed by atoms with Gasteiger partial charge in [0.05, 0.1) is 5.92 Å². The molecule has 0 saturated carbocycles. The summed E-state index contributed by atoms with van der Waals surface area (Å²) in [6.07, 6.45) is 0.603. The van der Waals surface area contributed by atoms with Crippen LogP contribution in [0.3, 0.4) is 0 Å². The number of amides is 1. The Morgan fingerprint density at radius 3 is 2.62 bits per heavy atom. The topological polar surface area (TPSA) is 55.1 Å². The first-order valence-corrected chi connectivity index (χ1v) is 5.04. The molecule has 0 aromatic heterocycles. The van der Waals surface area contributed by atoms with Crippen LogP contribution in [0.15, 0.2) is 18.2 Å². The molecule has 0 bridgehead atoms. The van der Waals surface area contributed by atoms with E-state index >= 15 is 0 Å². The Hall–Kier alpha value is -1.49. The fourth-order valence-electron chi connectivity index (χ4n) is 1.28. The lowest BCUT2D eigenvalue weighted by Crippen LogP contribution is -2.28. The molecule has 1 rings (SSSR count). The van der Waals surface area contributed by atoms with E-state index in [4.69, 9.17) is 5.73 Å². The first-order valence-electron chi connectivity index (χ1n) is 5.04. The monoisotopic (exact) mass is 228 g/mol. The summed E-state index contributed by atoms with van der Waals surface area (Å²) in [4.78, 5) is 11.6. The lowest BCUT2D eigenvalue weighted by Gasteiger charge is -2.12. The molecular weight excluding hydrogens is 214 g/mol. The van der Waals surface area contributed by atoms with Gasteiger partial charge in [0.2, 0.25) is 5.91 Å². The summed E-state index contributed by atoms with van der Waals surface area (Å²) in [5.41, 5.74) is 5.63. The Kier molecular flexibility index (Phi) is 4.37. The van der Waals surface area contributed by atoms with Crippen LogP contribution in [0.4, 0.5) is 14.5 Å². The quantitative estimate of drug-likeness (QED) is 0.826. The van der Waals surface area contributed by atoms with Crippen molar-refractivity contribution in [2.24, 2.45) is 11.7 Å². The molecule has 0 aliphatic rings. The first kappa shape index (κ1) is 12.6. The van der Waals surface area contributed by atoms with E-state index in [0.29, 0.717) is 6.42 Å². The average Bonchev–Trinajstić information content (AvgIpc) is 2.25. The maximum absolute atomic E-state index is 12.8. The Balaban J connectivity index is 2.73. The molecular formula is C11H14F2N2O. The van der Waals surface area contributed by atoms with Crippen LogP contribution in [0.25, 0.3) is 0 Å². The average molecular weight is 228 g/mol. The normalized spacial score (nSPS) is 12.2. The van der Waals surface area contributed by atoms with Crippen molar-refractivity contribution in [2.75, 3.05) is 11.9 Å². The summed E-state index contributed by atoms with van der Waals surface area (Å²) >= 11 is 0. The van der Waals surface area contributed by atoms with Gasteiger partial charge in [-0.3, -0.25) is 4.79 Å². The number of nitrogens with one attached hydrogen (secondary N) is 1. The zero-order chi connectivity index (χ0) is 12.1. The van der Waals surface area contributed by atoms with Gasteiger partial charge in [-0.15, -0.1) is 0 Å². The van der Waals surface area contributed by atoms with E-state index in [9.17, 15) is 13.6 Å². The van der Waals surface area contributed by atoms with E-state index in [2.05, 4.69) is 5.32 Å². The number of anilines is 1. The minimum absolute atomic E-state index is 0.228. The molecule has 0 saturated heterocycles. The molecule has 1 aromatic carbocycles. The van der Waals surface area contributed by atoms with Gasteiger partial charge < -0.3 is 11.1 Å². The van der Waals surface area contributed by atoms with Gasteiger partial charge in [-0.05, 0) is 18.6 Å². The number of hydrogen-bond acceptors (Lipinski definition) is 2. The highest BCUT2D eigenvalue weighted by Gasteiger charge is 2.14. The third-order valence-electron chi connectivity index (χ3n) is 2.34. The van der Waals surface area contributed by atoms with E-state index < -0.39 is 11.6 Å². The van der Waals surface area contributed by atoms with Gasteiger partial charge in [-0.2, -0.15) is 0 Å². The molecule has 1 aromatic rings. The minimum Gasteiger partial charge on any atom is -0.330 e. The predicted molar refractivity (Wildman–Crippen MR) is 57.8 cm³/mol. The van der Waals surface area contributed by atoms with E-state index in [1.54, 1.807) is 0 Å². The van der Waals surface area contributed by atoms with Crippen molar-refractivity contribution >= 4 is 11.6 Å². The molecule has 88 valence electrons. The number of halogens is 2. The van der Waals surface area contributed by atoms with E-state index in [1.165, 1.54) is 6.07 Å². The van der Waals surface area contributed by atoms with Crippen LogP contribution in [-0.2, 0) is 4.79 Å². The highest BCUT2D eigenvalue weighted by atomic mass is 19.2. The summed E-state index contributed by atoms with van der Waals surface area (Å²) in [6.45, 7) is 2.06. The molecule has 5 heteroatoms. The summed E-state index contributed by atoms with van der Waals surface area (Å²) in [6, 6.07) is 3.21. The molecule has 0 heterocycles. The molecule has 0 fully saturated rings. The third kappa shape index (κ3) is 3.00. The molecule has 1 unspecified atom stereocenters. The second-order valence-electron chi connectivity index (χ2n) is 3.46. The largest absolute Gasteiger partial charge is 0.330 e. The van der Waals surface area contributed by atoms with Crippen LogP contribution in [-0.4, -0.2) is 12.5 Å². The van der Waals surface area contributed by atoms with Crippen LogP contribution in [0.5, 0.6) is 0 Å². The molecule has 1 atom stereocenters. The minimum atomic E-state index is -0.987. The SMILES string of the molecule is CCC(CN)C(=O)Nc1ccc(F)c(F)c1. The Labute approximate surface area is 92.6 Å². The summed E-state index contributed by atoms with van der Waals surface area (Å²) in [5.74, 6) is -2.52. The second-order valence-corrected chi connectivity index (χ2v) is 3.46. The summed E-state index contributed by atoms with van der Waals surface area (Å²) in [7, 11) is 0. The van der Waals surface area contributed by atoms with Gasteiger partial charge in [-0.25, -0.2) is 8.78 Å². The van der Waals surface area contributed by atoms with Crippen LogP contribution in [0, 0.1) is 17.6 Å². The number of carbonyl (C=O) groups excluding carboxylic acids is 1. The molecule has 16 heavy (non-hydrogen) atoms. The van der Waals surface area contributed by atoms with Crippen LogP contribution < -0.4 is 11.1 Å². The maximum atomic E-state index is 12.8. The van der Waals surface area contributed by atoms with Crippen molar-refractivity contribution in [1.29, 1.82) is 0 Å². The molecule has 0 spiro atoms. The van der Waals surface area contributed by atoms with Gasteiger partial charge in [0.25, 0.3) is 0 Å². The Morgan fingerprint density at radius 1 is 1.44 bits per heavy atom. The fraction of sp³-hybridized carbons (Fsp3) is 0.364. The Morgan fingerprint density at radius 2 is 2.12 bits per heavy atom. The third-order valence-corrected chi connectivity index (χ3v) is 2.34. The smallest absolute Gasteiger partial charge is 0.228 e. The second kappa shape index (κ2) is 5.55. The first-order chi connectivity index (χ1) is 7.58. The van der Waals surface area contributed by atoms with Gasteiger partial charge in [-0.1, -0.05) is 6.92 Å². The van der Waals surface area contributed by atoms with Crippen molar-refractivity contribution < 1.29 is 13.6 Å². The Bertz CT molecular complexity index is 378. The van der Waals surface area contributed by atoms with Gasteiger partial charge in [0, 0.05) is 18.3 Å². The zero-order valence-electron chi connectivity index (χ0n) is 8.97. The molecule has 3 N–H and O–H groups in total. The van der Waals surface area contributed by atoms with Crippen molar-refractivity contribution in [3.63, 3.8) is 0 Å². The van der Waals surface area contributed by atoms with E-state index in [0.717, 1.165) is 12.1 Å². The standard InChI is InChI=1S/C11H14F2N2O/c1-2-7(6-14)11(16)15-8-3-4-9(12)10(13)5-8/h3-5,7H,2,6,14H2,1H3,(H,15,16). The van der Waals surface area contributed by atoms with Gasteiger partial charge in [0.1, 0.15) is 0 Å². The molecule has 0 aliphatic carbocycles. The van der Waals surface area contributed by atoms with Crippen molar-refractivity contribution in [1.82, 2.24) is 0 Å². The number of carbonyl (C=O) groups is 1.